The highest BCUT2D eigenvalue weighted by molar-refractivity contribution is 6.33. The lowest BCUT2D eigenvalue weighted by molar-refractivity contribution is -0.118. The molecule has 1 amide bonds. The number of amides is 1. The minimum Gasteiger partial charge on any atom is -0.495 e. The van der Waals surface area contributed by atoms with E-state index >= 15 is 0 Å². The van der Waals surface area contributed by atoms with Crippen LogP contribution in [0.25, 0.3) is 0 Å². The average Bonchev–Trinajstić information content (AvgIpc) is 2.73. The topological polar surface area (TPSA) is 59.9 Å². The molecule has 0 aliphatic rings. The van der Waals surface area contributed by atoms with E-state index in [1.54, 1.807) is 61.9 Å². The van der Waals surface area contributed by atoms with E-state index in [0.29, 0.717) is 32.9 Å². The van der Waals surface area contributed by atoms with E-state index in [9.17, 15) is 4.79 Å². The van der Waals surface area contributed by atoms with Gasteiger partial charge in [-0.05, 0) is 60.2 Å². The lowest BCUT2D eigenvalue weighted by atomic mass is 10.2. The quantitative estimate of drug-likeness (QED) is 0.485. The molecule has 0 radical (unpaired) electrons. The van der Waals surface area contributed by atoms with Crippen LogP contribution < -0.4 is 14.8 Å². The minimum atomic E-state index is -0.292. The summed E-state index contributed by atoms with van der Waals surface area (Å²) in [5.74, 6) is 0.884. The number of aliphatic imine (C=N–C) groups is 1. The largest absolute Gasteiger partial charge is 0.495 e. The number of nitrogens with one attached hydrogen (secondary N) is 1. The summed E-state index contributed by atoms with van der Waals surface area (Å²) < 4.78 is 10.6. The van der Waals surface area contributed by atoms with Gasteiger partial charge in [0.15, 0.2) is 6.61 Å². The molecule has 0 heterocycles. The molecule has 0 saturated carbocycles. The standard InChI is InChI=1S/C22H18Cl2N2O3/c1-28-21-11-8-16(12-19(21)24)25-13-15-6-9-17(10-7-15)29-14-22(27)26-20-5-3-2-4-18(20)23/h2-13H,14H2,1H3,(H,26,27). The maximum atomic E-state index is 12.0. The SMILES string of the molecule is COc1ccc(N=Cc2ccc(OCC(=O)Nc3ccccc3Cl)cc2)cc1Cl. The molecule has 148 valence electrons. The van der Waals surface area contributed by atoms with Crippen LogP contribution in [0, 0.1) is 0 Å². The number of ether oxygens (including phenoxy) is 2. The number of benzene rings is 3. The van der Waals surface area contributed by atoms with Crippen LogP contribution in [-0.4, -0.2) is 25.8 Å². The molecule has 0 fully saturated rings. The summed E-state index contributed by atoms with van der Waals surface area (Å²) in [5, 5.41) is 3.68. The zero-order chi connectivity index (χ0) is 20.6. The molecule has 0 spiro atoms. The van der Waals surface area contributed by atoms with Crippen LogP contribution in [-0.2, 0) is 4.79 Å². The Balaban J connectivity index is 1.54. The number of methoxy groups -OCH3 is 1. The van der Waals surface area contributed by atoms with Gasteiger partial charge in [-0.2, -0.15) is 0 Å². The molecule has 0 atom stereocenters. The average molecular weight is 429 g/mol. The lowest BCUT2D eigenvalue weighted by Gasteiger charge is -2.08. The molecule has 0 aromatic heterocycles. The van der Waals surface area contributed by atoms with E-state index in [0.717, 1.165) is 5.56 Å². The Morgan fingerprint density at radius 2 is 1.79 bits per heavy atom. The lowest BCUT2D eigenvalue weighted by Crippen LogP contribution is -2.20. The maximum Gasteiger partial charge on any atom is 0.262 e. The fourth-order valence-electron chi connectivity index (χ4n) is 2.43. The number of carbonyl (C=O) groups is 1. The summed E-state index contributed by atoms with van der Waals surface area (Å²) in [6, 6.07) is 19.6. The normalized spacial score (nSPS) is 10.7. The molecule has 0 bridgehead atoms. The zero-order valence-electron chi connectivity index (χ0n) is 15.6. The van der Waals surface area contributed by atoms with Crippen LogP contribution in [0.4, 0.5) is 11.4 Å². The van der Waals surface area contributed by atoms with Crippen molar-refractivity contribution in [3.8, 4) is 11.5 Å². The minimum absolute atomic E-state index is 0.122. The molecule has 29 heavy (non-hydrogen) atoms. The monoisotopic (exact) mass is 428 g/mol. The summed E-state index contributed by atoms with van der Waals surface area (Å²) in [6.45, 7) is -0.122. The van der Waals surface area contributed by atoms with Crippen molar-refractivity contribution in [3.63, 3.8) is 0 Å². The Hall–Kier alpha value is -3.02. The highest BCUT2D eigenvalue weighted by atomic mass is 35.5. The Morgan fingerprint density at radius 3 is 2.48 bits per heavy atom. The molecule has 0 aliphatic heterocycles. The number of anilines is 1. The second kappa shape index (κ2) is 9.96. The summed E-state index contributed by atoms with van der Waals surface area (Å²) in [5.41, 5.74) is 2.14. The zero-order valence-corrected chi connectivity index (χ0v) is 17.1. The van der Waals surface area contributed by atoms with Gasteiger partial charge in [0, 0.05) is 6.21 Å². The van der Waals surface area contributed by atoms with Crippen LogP contribution in [0.1, 0.15) is 5.56 Å². The summed E-state index contributed by atoms with van der Waals surface area (Å²) in [6.07, 6.45) is 1.71. The van der Waals surface area contributed by atoms with E-state index in [1.807, 2.05) is 18.2 Å². The van der Waals surface area contributed by atoms with E-state index in [-0.39, 0.29) is 12.5 Å². The number of halogens is 2. The third-order valence-corrected chi connectivity index (χ3v) is 4.52. The molecule has 0 aliphatic carbocycles. The van der Waals surface area contributed by atoms with Gasteiger partial charge in [0.1, 0.15) is 11.5 Å². The van der Waals surface area contributed by atoms with Gasteiger partial charge in [0.05, 0.1) is 28.5 Å². The van der Waals surface area contributed by atoms with E-state index in [4.69, 9.17) is 32.7 Å². The highest BCUT2D eigenvalue weighted by Crippen LogP contribution is 2.28. The molecule has 0 unspecified atom stereocenters. The van der Waals surface area contributed by atoms with Gasteiger partial charge in [-0.1, -0.05) is 35.3 Å². The molecule has 1 N–H and O–H groups in total. The van der Waals surface area contributed by atoms with Crippen LogP contribution >= 0.6 is 23.2 Å². The van der Waals surface area contributed by atoms with Crippen molar-refractivity contribution in [1.29, 1.82) is 0 Å². The smallest absolute Gasteiger partial charge is 0.262 e. The van der Waals surface area contributed by atoms with Crippen molar-refractivity contribution in [2.75, 3.05) is 19.0 Å². The van der Waals surface area contributed by atoms with Crippen LogP contribution in [0.15, 0.2) is 71.7 Å². The van der Waals surface area contributed by atoms with Gasteiger partial charge in [-0.15, -0.1) is 0 Å². The second-order valence-electron chi connectivity index (χ2n) is 5.96. The van der Waals surface area contributed by atoms with E-state index in [2.05, 4.69) is 10.3 Å². The third-order valence-electron chi connectivity index (χ3n) is 3.90. The molecular formula is C22H18Cl2N2O3. The summed E-state index contributed by atoms with van der Waals surface area (Å²) in [4.78, 5) is 16.4. The fraction of sp³-hybridized carbons (Fsp3) is 0.0909. The Kier molecular flexibility index (Phi) is 7.11. The van der Waals surface area contributed by atoms with Crippen molar-refractivity contribution in [2.45, 2.75) is 0 Å². The highest BCUT2D eigenvalue weighted by Gasteiger charge is 2.06. The maximum absolute atomic E-state index is 12.0. The van der Waals surface area contributed by atoms with Crippen LogP contribution in [0.2, 0.25) is 10.0 Å². The van der Waals surface area contributed by atoms with Gasteiger partial charge >= 0.3 is 0 Å². The predicted octanol–water partition coefficient (Wildman–Crippen LogP) is 5.77. The van der Waals surface area contributed by atoms with Gasteiger partial charge in [0.2, 0.25) is 0 Å². The first-order valence-corrected chi connectivity index (χ1v) is 9.45. The Bertz CT molecular complexity index is 1020. The first-order chi connectivity index (χ1) is 14.0. The molecule has 7 heteroatoms. The van der Waals surface area contributed by atoms with Crippen LogP contribution in [0.3, 0.4) is 0 Å². The van der Waals surface area contributed by atoms with Crippen molar-refractivity contribution >= 4 is 46.7 Å². The van der Waals surface area contributed by atoms with Gasteiger partial charge in [-0.25, -0.2) is 0 Å². The molecule has 5 nitrogen and oxygen atoms in total. The molecule has 0 saturated heterocycles. The van der Waals surface area contributed by atoms with Gasteiger partial charge in [-0.3, -0.25) is 9.79 Å². The van der Waals surface area contributed by atoms with Crippen LogP contribution in [0.5, 0.6) is 11.5 Å². The van der Waals surface area contributed by atoms with Crippen molar-refractivity contribution in [2.24, 2.45) is 4.99 Å². The summed E-state index contributed by atoms with van der Waals surface area (Å²) >= 11 is 12.1. The van der Waals surface area contributed by atoms with Gasteiger partial charge in [0.25, 0.3) is 5.91 Å². The van der Waals surface area contributed by atoms with Gasteiger partial charge < -0.3 is 14.8 Å². The van der Waals surface area contributed by atoms with Crippen molar-refractivity contribution in [3.05, 3.63) is 82.3 Å². The number of hydrogen-bond donors (Lipinski definition) is 1. The third kappa shape index (κ3) is 5.98. The van der Waals surface area contributed by atoms with E-state index < -0.39 is 0 Å². The molecule has 3 rings (SSSR count). The Morgan fingerprint density at radius 1 is 1.03 bits per heavy atom. The number of nitrogens with zero attached hydrogens (tertiary/aromatic N) is 1. The number of para-hydroxylation sites is 1. The first kappa shape index (κ1) is 20.7. The second-order valence-corrected chi connectivity index (χ2v) is 6.78. The Labute approximate surface area is 178 Å². The molecule has 3 aromatic carbocycles. The molecule has 3 aromatic rings. The summed E-state index contributed by atoms with van der Waals surface area (Å²) in [7, 11) is 1.56. The number of rotatable bonds is 7. The van der Waals surface area contributed by atoms with Crippen molar-refractivity contribution in [1.82, 2.24) is 0 Å². The van der Waals surface area contributed by atoms with Crippen molar-refractivity contribution < 1.29 is 14.3 Å². The van der Waals surface area contributed by atoms with E-state index in [1.165, 1.54) is 0 Å². The predicted molar refractivity (Wildman–Crippen MR) is 117 cm³/mol. The first-order valence-electron chi connectivity index (χ1n) is 8.70. The number of hydrogen-bond acceptors (Lipinski definition) is 4. The number of carbonyl (C=O) groups excluding carboxylic acids is 1. The molecular weight excluding hydrogens is 411 g/mol. The fourth-order valence-corrected chi connectivity index (χ4v) is 2.87.